The van der Waals surface area contributed by atoms with Gasteiger partial charge in [-0.15, -0.1) is 6.58 Å². The van der Waals surface area contributed by atoms with Crippen molar-refractivity contribution in [2.45, 2.75) is 99.2 Å². The molecule has 2 N–H and O–H groups in total. The molecule has 0 amide bonds. The molecular formula is C36H52O9S. The van der Waals surface area contributed by atoms with Gasteiger partial charge in [-0.05, 0) is 48.5 Å². The average Bonchev–Trinajstić information content (AvgIpc) is 3.55. The normalized spacial score (nSPS) is 32.7. The van der Waals surface area contributed by atoms with Crippen LogP contribution in [0.5, 0.6) is 0 Å². The minimum Gasteiger partial charge on any atom is -0.394 e. The molecule has 4 rings (SSSR count). The van der Waals surface area contributed by atoms with Crippen LogP contribution in [0.1, 0.15) is 45.4 Å². The number of hydrogen-bond donors (Lipinski definition) is 2. The van der Waals surface area contributed by atoms with Crippen molar-refractivity contribution < 1.29 is 42.3 Å². The summed E-state index contributed by atoms with van der Waals surface area (Å²) in [5, 5.41) is 19.7. The predicted molar refractivity (Wildman–Crippen MR) is 177 cm³/mol. The lowest BCUT2D eigenvalue weighted by Gasteiger charge is -2.38. The van der Waals surface area contributed by atoms with E-state index in [0.29, 0.717) is 19.6 Å². The van der Waals surface area contributed by atoms with E-state index < -0.39 is 46.8 Å². The Morgan fingerprint density at radius 3 is 2.52 bits per heavy atom. The van der Waals surface area contributed by atoms with Crippen molar-refractivity contribution in [2.24, 2.45) is 11.8 Å². The molecule has 4 unspecified atom stereocenters. The summed E-state index contributed by atoms with van der Waals surface area (Å²) < 4.78 is 57.6. The number of sulfone groups is 1. The third-order valence-corrected chi connectivity index (χ3v) is 11.2. The van der Waals surface area contributed by atoms with Crippen molar-refractivity contribution in [2.75, 3.05) is 32.7 Å². The van der Waals surface area contributed by atoms with E-state index in [2.05, 4.69) is 26.7 Å². The zero-order valence-corrected chi connectivity index (χ0v) is 28.1. The van der Waals surface area contributed by atoms with Gasteiger partial charge in [0, 0.05) is 32.3 Å². The summed E-state index contributed by atoms with van der Waals surface area (Å²) in [5.74, 6) is -0.484. The van der Waals surface area contributed by atoms with Crippen molar-refractivity contribution in [3.63, 3.8) is 0 Å². The molecular weight excluding hydrogens is 608 g/mol. The van der Waals surface area contributed by atoms with Crippen LogP contribution in [-0.2, 0) is 33.5 Å². The average molecular weight is 661 g/mol. The molecule has 0 aliphatic carbocycles. The van der Waals surface area contributed by atoms with Gasteiger partial charge in [0.1, 0.15) is 0 Å². The highest BCUT2D eigenvalue weighted by Crippen LogP contribution is 2.41. The first-order valence-corrected chi connectivity index (χ1v) is 18.0. The van der Waals surface area contributed by atoms with Crippen LogP contribution < -0.4 is 0 Å². The predicted octanol–water partition coefficient (Wildman–Crippen LogP) is 4.59. The Balaban J connectivity index is 1.42. The molecule has 9 nitrogen and oxygen atoms in total. The maximum atomic E-state index is 13.5. The summed E-state index contributed by atoms with van der Waals surface area (Å²) in [6.07, 6.45) is 6.34. The number of ether oxygens (including phenoxy) is 5. The van der Waals surface area contributed by atoms with Gasteiger partial charge in [-0.25, -0.2) is 8.42 Å². The molecule has 10 atom stereocenters. The number of aliphatic hydroxyl groups is 2. The SMILES string of the molecule is C=CCOC/C=C/[C@H]1CC(=C)C(CCC2C[C@@H](C)C(=C)C(C[C@@H]3OC(C[C@H](O)CO)[C@H](OC)[C@H]3CS(=O)(=O)c3ccccc3)O2)O1. The van der Waals surface area contributed by atoms with Gasteiger partial charge in [0.05, 0.1) is 79.3 Å². The van der Waals surface area contributed by atoms with E-state index in [4.69, 9.17) is 23.7 Å². The maximum Gasteiger partial charge on any atom is 0.178 e. The fraction of sp³-hybridized carbons (Fsp3) is 0.611. The van der Waals surface area contributed by atoms with Crippen molar-refractivity contribution in [3.05, 3.63) is 79.4 Å². The smallest absolute Gasteiger partial charge is 0.178 e. The topological polar surface area (TPSA) is 121 Å². The summed E-state index contributed by atoms with van der Waals surface area (Å²) in [6, 6.07) is 8.37. The molecule has 1 aromatic rings. The van der Waals surface area contributed by atoms with Crippen molar-refractivity contribution in [3.8, 4) is 0 Å². The van der Waals surface area contributed by atoms with Gasteiger partial charge in [-0.1, -0.05) is 56.5 Å². The van der Waals surface area contributed by atoms with Gasteiger partial charge < -0.3 is 33.9 Å². The second-order valence-corrected chi connectivity index (χ2v) is 14.8. The lowest BCUT2D eigenvalue weighted by atomic mass is 9.83. The third-order valence-electron chi connectivity index (χ3n) is 9.39. The standard InChI is InChI=1S/C36H52O9S/c1-6-16-42-17-10-11-28-19-25(3)32(43-28)15-14-29-18-24(2)26(4)33(44-29)21-34-31(23-46(39,40)30-12-8-7-9-13-30)36(41-5)35(45-34)20-27(38)22-37/h6-13,24,27-29,31-38H,1,3-4,14-23H2,2,5H3/b11-10+/t24-,27+,28+,29?,31+,32?,33?,34+,35?,36-/m1/s1. The first-order valence-electron chi connectivity index (χ1n) is 16.3. The molecule has 1 aromatic carbocycles. The summed E-state index contributed by atoms with van der Waals surface area (Å²) in [6.45, 7) is 15.0. The Kier molecular flexibility index (Phi) is 13.8. The van der Waals surface area contributed by atoms with E-state index in [0.717, 1.165) is 36.8 Å². The Bertz CT molecular complexity index is 1280. The van der Waals surface area contributed by atoms with E-state index >= 15 is 0 Å². The molecule has 46 heavy (non-hydrogen) atoms. The quantitative estimate of drug-likeness (QED) is 0.183. The van der Waals surface area contributed by atoms with E-state index in [1.165, 1.54) is 7.11 Å². The van der Waals surface area contributed by atoms with Crippen molar-refractivity contribution in [1.29, 1.82) is 0 Å². The Morgan fingerprint density at radius 1 is 1.07 bits per heavy atom. The molecule has 3 aliphatic heterocycles. The van der Waals surface area contributed by atoms with Crippen LogP contribution in [0.25, 0.3) is 0 Å². The van der Waals surface area contributed by atoms with Crippen LogP contribution in [-0.4, -0.2) is 100 Å². The van der Waals surface area contributed by atoms with E-state index in [-0.39, 0.29) is 47.4 Å². The van der Waals surface area contributed by atoms with Crippen LogP contribution >= 0.6 is 0 Å². The highest BCUT2D eigenvalue weighted by atomic mass is 32.2. The van der Waals surface area contributed by atoms with Gasteiger partial charge in [0.15, 0.2) is 9.84 Å². The molecule has 3 heterocycles. The van der Waals surface area contributed by atoms with Crippen LogP contribution in [0.4, 0.5) is 0 Å². The number of rotatable bonds is 17. The molecule has 256 valence electrons. The van der Waals surface area contributed by atoms with Gasteiger partial charge in [0.25, 0.3) is 0 Å². The number of aliphatic hydroxyl groups excluding tert-OH is 2. The largest absolute Gasteiger partial charge is 0.394 e. The van der Waals surface area contributed by atoms with Crippen LogP contribution in [0.2, 0.25) is 0 Å². The second kappa shape index (κ2) is 17.3. The highest BCUT2D eigenvalue weighted by molar-refractivity contribution is 7.91. The fourth-order valence-electron chi connectivity index (χ4n) is 6.90. The zero-order valence-electron chi connectivity index (χ0n) is 27.2. The fourth-order valence-corrected chi connectivity index (χ4v) is 8.57. The van der Waals surface area contributed by atoms with Gasteiger partial charge in [-0.3, -0.25) is 0 Å². The van der Waals surface area contributed by atoms with E-state index in [1.54, 1.807) is 36.4 Å². The molecule has 3 fully saturated rings. The van der Waals surface area contributed by atoms with Gasteiger partial charge in [-0.2, -0.15) is 0 Å². The van der Waals surface area contributed by atoms with E-state index in [1.807, 2.05) is 12.2 Å². The van der Waals surface area contributed by atoms with Crippen LogP contribution in [0.15, 0.2) is 84.3 Å². The third kappa shape index (κ3) is 9.70. The molecule has 3 aliphatic rings. The van der Waals surface area contributed by atoms with Crippen LogP contribution in [0, 0.1) is 11.8 Å². The van der Waals surface area contributed by atoms with Crippen molar-refractivity contribution in [1.82, 2.24) is 0 Å². The lowest BCUT2D eigenvalue weighted by molar-refractivity contribution is -0.0785. The molecule has 10 heteroatoms. The van der Waals surface area contributed by atoms with Crippen LogP contribution in [0.3, 0.4) is 0 Å². The summed E-state index contributed by atoms with van der Waals surface area (Å²) >= 11 is 0. The Labute approximate surface area is 274 Å². The summed E-state index contributed by atoms with van der Waals surface area (Å²) in [7, 11) is -2.14. The number of benzene rings is 1. The minimum absolute atomic E-state index is 0.0156. The summed E-state index contributed by atoms with van der Waals surface area (Å²) in [4.78, 5) is 0.240. The lowest BCUT2D eigenvalue weighted by Crippen LogP contribution is -2.40. The summed E-state index contributed by atoms with van der Waals surface area (Å²) in [5.41, 5.74) is 2.04. The highest BCUT2D eigenvalue weighted by Gasteiger charge is 2.49. The maximum absolute atomic E-state index is 13.5. The van der Waals surface area contributed by atoms with Gasteiger partial charge in [0.2, 0.25) is 0 Å². The minimum atomic E-state index is -3.66. The first kappa shape index (κ1) is 36.7. The molecule has 3 saturated heterocycles. The molecule has 0 radical (unpaired) electrons. The Morgan fingerprint density at radius 2 is 1.83 bits per heavy atom. The van der Waals surface area contributed by atoms with Gasteiger partial charge >= 0.3 is 0 Å². The molecule has 0 aromatic heterocycles. The first-order chi connectivity index (χ1) is 22.1. The molecule has 0 saturated carbocycles. The molecule has 0 spiro atoms. The number of hydrogen-bond acceptors (Lipinski definition) is 9. The number of methoxy groups -OCH3 is 1. The van der Waals surface area contributed by atoms with Crippen molar-refractivity contribution >= 4 is 9.84 Å². The second-order valence-electron chi connectivity index (χ2n) is 12.8. The van der Waals surface area contributed by atoms with E-state index in [9.17, 15) is 18.6 Å². The zero-order chi connectivity index (χ0) is 33.3. The molecule has 0 bridgehead atoms. The monoisotopic (exact) mass is 660 g/mol. The Hall–Kier alpha value is -2.15.